The minimum absolute atomic E-state index is 0.0406. The van der Waals surface area contributed by atoms with Crippen molar-refractivity contribution in [2.45, 2.75) is 23.9 Å². The first-order valence-electron chi connectivity index (χ1n) is 10.3. The molecule has 0 saturated carbocycles. The number of halogens is 3. The molecule has 1 heterocycles. The number of nitrogens with zero attached hydrogens (tertiary/aromatic N) is 3. The summed E-state index contributed by atoms with van der Waals surface area (Å²) in [5, 5.41) is 12.5. The second-order valence-electron chi connectivity index (χ2n) is 7.58. The molecular formula is C24H17F3N4O3S. The number of hydrogen-bond donors (Lipinski definition) is 1. The molecule has 0 bridgehead atoms. The zero-order chi connectivity index (χ0) is 25.2. The van der Waals surface area contributed by atoms with Crippen LogP contribution in [0, 0.1) is 11.3 Å². The van der Waals surface area contributed by atoms with E-state index in [0.29, 0.717) is 17.6 Å². The van der Waals surface area contributed by atoms with Crippen LogP contribution in [0.15, 0.2) is 77.7 Å². The second kappa shape index (κ2) is 9.23. The molecule has 1 aliphatic rings. The summed E-state index contributed by atoms with van der Waals surface area (Å²) in [6.45, 7) is 0. The number of rotatable bonds is 5. The SMILES string of the molecule is N#Cc1ccc(C(=O)NS(=O)(=O)c2ccc(-n3nc(C(F)(F)F)cc3C3=CCCC=C3)cc2)cc1. The highest BCUT2D eigenvalue weighted by molar-refractivity contribution is 7.90. The predicted molar refractivity (Wildman–Crippen MR) is 121 cm³/mol. The summed E-state index contributed by atoms with van der Waals surface area (Å²) in [6, 6.07) is 13.2. The molecule has 0 fully saturated rings. The van der Waals surface area contributed by atoms with Gasteiger partial charge in [0.15, 0.2) is 5.69 Å². The zero-order valence-electron chi connectivity index (χ0n) is 18.0. The number of amides is 1. The van der Waals surface area contributed by atoms with Gasteiger partial charge in [-0.05, 0) is 73.0 Å². The van der Waals surface area contributed by atoms with Crippen LogP contribution in [0.5, 0.6) is 0 Å². The van der Waals surface area contributed by atoms with Crippen molar-refractivity contribution in [3.8, 4) is 11.8 Å². The maximum Gasteiger partial charge on any atom is 0.435 e. The van der Waals surface area contributed by atoms with Gasteiger partial charge in [0.1, 0.15) is 0 Å². The topological polar surface area (TPSA) is 105 Å². The van der Waals surface area contributed by atoms with E-state index < -0.39 is 27.8 Å². The first-order valence-corrected chi connectivity index (χ1v) is 11.8. The lowest BCUT2D eigenvalue weighted by molar-refractivity contribution is -0.141. The van der Waals surface area contributed by atoms with Crippen LogP contribution in [0.2, 0.25) is 0 Å². The fourth-order valence-corrected chi connectivity index (χ4v) is 4.40. The van der Waals surface area contributed by atoms with E-state index in [9.17, 15) is 26.4 Å². The highest BCUT2D eigenvalue weighted by atomic mass is 32.2. The van der Waals surface area contributed by atoms with Crippen molar-refractivity contribution in [1.82, 2.24) is 14.5 Å². The summed E-state index contributed by atoms with van der Waals surface area (Å²) in [7, 11) is -4.27. The van der Waals surface area contributed by atoms with Gasteiger partial charge in [0, 0.05) is 5.56 Å². The van der Waals surface area contributed by atoms with E-state index in [4.69, 9.17) is 5.26 Å². The molecule has 0 atom stereocenters. The molecule has 11 heteroatoms. The summed E-state index contributed by atoms with van der Waals surface area (Å²) in [5.41, 5.74) is 0.292. The van der Waals surface area contributed by atoms with Crippen molar-refractivity contribution in [2.75, 3.05) is 0 Å². The first kappa shape index (κ1) is 24.0. The molecule has 3 aromatic rings. The highest BCUT2D eigenvalue weighted by Gasteiger charge is 2.35. The van der Waals surface area contributed by atoms with Gasteiger partial charge in [-0.2, -0.15) is 23.5 Å². The smallest absolute Gasteiger partial charge is 0.268 e. The number of allylic oxidation sites excluding steroid dienone is 4. The molecule has 0 spiro atoms. The van der Waals surface area contributed by atoms with Crippen LogP contribution in [0.1, 0.15) is 40.2 Å². The molecule has 4 rings (SSSR count). The van der Waals surface area contributed by atoms with E-state index in [0.717, 1.165) is 17.2 Å². The summed E-state index contributed by atoms with van der Waals surface area (Å²) in [5.74, 6) is -0.890. The Morgan fingerprint density at radius 1 is 1.06 bits per heavy atom. The van der Waals surface area contributed by atoms with Crippen molar-refractivity contribution in [3.05, 3.63) is 95.3 Å². The normalized spacial score (nSPS) is 13.7. The standard InChI is InChI=1S/C24H17F3N4O3S/c25-24(26,27)22-14-21(17-4-2-1-3-5-17)31(29-22)19-10-12-20(13-11-19)35(33,34)30-23(32)18-8-6-16(15-28)7-9-18/h2,4-14H,1,3H2,(H,30,32). The minimum atomic E-state index is -4.65. The summed E-state index contributed by atoms with van der Waals surface area (Å²) >= 11 is 0. The Kier molecular flexibility index (Phi) is 6.32. The third-order valence-corrected chi connectivity index (χ3v) is 6.53. The lowest BCUT2D eigenvalue weighted by atomic mass is 10.0. The van der Waals surface area contributed by atoms with Crippen LogP contribution in [-0.2, 0) is 16.2 Å². The van der Waals surface area contributed by atoms with Gasteiger partial charge < -0.3 is 0 Å². The average molecular weight is 498 g/mol. The Balaban J connectivity index is 1.62. The number of hydrogen-bond acceptors (Lipinski definition) is 5. The number of carbonyl (C=O) groups is 1. The quantitative estimate of drug-likeness (QED) is 0.553. The number of aromatic nitrogens is 2. The van der Waals surface area contributed by atoms with Crippen LogP contribution in [0.3, 0.4) is 0 Å². The third kappa shape index (κ3) is 5.17. The lowest BCUT2D eigenvalue weighted by Gasteiger charge is -2.12. The number of alkyl halides is 3. The van der Waals surface area contributed by atoms with E-state index in [-0.39, 0.29) is 21.8 Å². The molecule has 0 aliphatic heterocycles. The fraction of sp³-hybridized carbons (Fsp3) is 0.125. The molecule has 7 nitrogen and oxygen atoms in total. The van der Waals surface area contributed by atoms with Gasteiger partial charge >= 0.3 is 6.18 Å². The summed E-state index contributed by atoms with van der Waals surface area (Å²) in [6.07, 6.45) is 2.18. The monoisotopic (exact) mass is 498 g/mol. The van der Waals surface area contributed by atoms with Crippen LogP contribution in [-0.4, -0.2) is 24.1 Å². The maximum absolute atomic E-state index is 13.3. The Morgan fingerprint density at radius 3 is 2.31 bits per heavy atom. The molecule has 0 saturated heterocycles. The number of benzene rings is 2. The minimum Gasteiger partial charge on any atom is -0.268 e. The molecule has 0 radical (unpaired) electrons. The van der Waals surface area contributed by atoms with E-state index in [1.54, 1.807) is 6.08 Å². The first-order chi connectivity index (χ1) is 16.6. The van der Waals surface area contributed by atoms with Crippen LogP contribution in [0.4, 0.5) is 13.2 Å². The van der Waals surface area contributed by atoms with E-state index in [2.05, 4.69) is 5.10 Å². The van der Waals surface area contributed by atoms with Gasteiger partial charge in [0.2, 0.25) is 0 Å². The number of carbonyl (C=O) groups excluding carboxylic acids is 1. The van der Waals surface area contributed by atoms with Gasteiger partial charge in [0.05, 0.1) is 27.9 Å². The van der Waals surface area contributed by atoms with Gasteiger partial charge in [-0.25, -0.2) is 17.8 Å². The molecule has 1 N–H and O–H groups in total. The third-order valence-electron chi connectivity index (χ3n) is 5.19. The molecule has 1 aliphatic carbocycles. The van der Waals surface area contributed by atoms with Crippen molar-refractivity contribution in [2.24, 2.45) is 0 Å². The van der Waals surface area contributed by atoms with Crippen molar-refractivity contribution in [1.29, 1.82) is 5.26 Å². The largest absolute Gasteiger partial charge is 0.435 e. The van der Waals surface area contributed by atoms with Gasteiger partial charge in [-0.1, -0.05) is 18.2 Å². The van der Waals surface area contributed by atoms with E-state index in [1.165, 1.54) is 48.5 Å². The summed E-state index contributed by atoms with van der Waals surface area (Å²) < 4.78 is 68.4. The van der Waals surface area contributed by atoms with Gasteiger partial charge in [-0.15, -0.1) is 0 Å². The molecule has 1 amide bonds. The van der Waals surface area contributed by atoms with Crippen LogP contribution in [0.25, 0.3) is 11.3 Å². The number of nitriles is 1. The van der Waals surface area contributed by atoms with Crippen molar-refractivity contribution >= 4 is 21.5 Å². The lowest BCUT2D eigenvalue weighted by Crippen LogP contribution is -2.30. The fourth-order valence-electron chi connectivity index (χ4n) is 3.43. The van der Waals surface area contributed by atoms with Crippen molar-refractivity contribution < 1.29 is 26.4 Å². The molecule has 1 aromatic heterocycles. The molecule has 0 unspecified atom stereocenters. The van der Waals surface area contributed by atoms with Crippen LogP contribution < -0.4 is 4.72 Å². The number of sulfonamides is 1. The maximum atomic E-state index is 13.3. The molecule has 2 aromatic carbocycles. The molecule has 35 heavy (non-hydrogen) atoms. The zero-order valence-corrected chi connectivity index (χ0v) is 18.8. The van der Waals surface area contributed by atoms with Crippen LogP contribution >= 0.6 is 0 Å². The Labute approximate surface area is 198 Å². The number of nitrogens with one attached hydrogen (secondary N) is 1. The molecule has 178 valence electrons. The summed E-state index contributed by atoms with van der Waals surface area (Å²) in [4.78, 5) is 12.1. The average Bonchev–Trinajstić information content (AvgIpc) is 3.31. The highest BCUT2D eigenvalue weighted by Crippen LogP contribution is 2.33. The van der Waals surface area contributed by atoms with Gasteiger partial charge in [0.25, 0.3) is 15.9 Å². The Bertz CT molecular complexity index is 1480. The van der Waals surface area contributed by atoms with Gasteiger partial charge in [-0.3, -0.25) is 4.79 Å². The molecular weight excluding hydrogens is 481 g/mol. The predicted octanol–water partition coefficient (Wildman–Crippen LogP) is 4.61. The van der Waals surface area contributed by atoms with Crippen molar-refractivity contribution in [3.63, 3.8) is 0 Å². The van der Waals surface area contributed by atoms with E-state index in [1.807, 2.05) is 22.9 Å². The Hall–Kier alpha value is -4.17. The van der Waals surface area contributed by atoms with E-state index >= 15 is 0 Å². The second-order valence-corrected chi connectivity index (χ2v) is 9.26. The Morgan fingerprint density at radius 2 is 1.74 bits per heavy atom.